The molecule has 1 rings (SSSR count). The van der Waals surface area contributed by atoms with Gasteiger partial charge < -0.3 is 0 Å². The second-order valence-electron chi connectivity index (χ2n) is 4.85. The highest BCUT2D eigenvalue weighted by atomic mass is 32.2. The minimum Gasteiger partial charge on any atom is -0.271 e. The standard InChI is InChI=1S/C14H28N2S2/c1-3-5-6-7-8-9-12(16-15)14-13(4-2)17-10-11-18-14/h3,12-14,16H,1,4-11,15H2,2H3. The van der Waals surface area contributed by atoms with Gasteiger partial charge in [0, 0.05) is 28.0 Å². The number of thioether (sulfide) groups is 2. The number of hydrogen-bond donors (Lipinski definition) is 2. The van der Waals surface area contributed by atoms with Crippen molar-refractivity contribution in [1.82, 2.24) is 5.43 Å². The number of nitrogens with one attached hydrogen (secondary N) is 1. The summed E-state index contributed by atoms with van der Waals surface area (Å²) in [6, 6.07) is 0.483. The van der Waals surface area contributed by atoms with Gasteiger partial charge in [0.1, 0.15) is 0 Å². The Hall–Kier alpha value is 0.360. The SMILES string of the molecule is C=CCCCCCC(NN)C1SCCSC1CC. The highest BCUT2D eigenvalue weighted by Gasteiger charge is 2.30. The highest BCUT2D eigenvalue weighted by molar-refractivity contribution is 8.07. The van der Waals surface area contributed by atoms with Crippen LogP contribution in [0.2, 0.25) is 0 Å². The van der Waals surface area contributed by atoms with Gasteiger partial charge in [0.15, 0.2) is 0 Å². The second kappa shape index (κ2) is 10.2. The second-order valence-corrected chi connectivity index (χ2v) is 7.49. The maximum Gasteiger partial charge on any atom is 0.0340 e. The van der Waals surface area contributed by atoms with Crippen LogP contribution in [0, 0.1) is 0 Å². The summed E-state index contributed by atoms with van der Waals surface area (Å²) in [4.78, 5) is 0. The van der Waals surface area contributed by atoms with Crippen molar-refractivity contribution in [3.8, 4) is 0 Å². The van der Waals surface area contributed by atoms with Crippen molar-refractivity contribution in [2.45, 2.75) is 62.0 Å². The summed E-state index contributed by atoms with van der Waals surface area (Å²) >= 11 is 4.25. The summed E-state index contributed by atoms with van der Waals surface area (Å²) in [5.74, 6) is 8.35. The summed E-state index contributed by atoms with van der Waals surface area (Å²) in [7, 11) is 0. The molecule has 1 aliphatic heterocycles. The quantitative estimate of drug-likeness (QED) is 0.294. The van der Waals surface area contributed by atoms with Crippen LogP contribution in [0.3, 0.4) is 0 Å². The van der Waals surface area contributed by atoms with E-state index in [-0.39, 0.29) is 0 Å². The van der Waals surface area contributed by atoms with E-state index in [0.717, 1.165) is 11.7 Å². The van der Waals surface area contributed by atoms with Crippen LogP contribution in [0.5, 0.6) is 0 Å². The van der Waals surface area contributed by atoms with Gasteiger partial charge in [-0.05, 0) is 25.7 Å². The molecular formula is C14H28N2S2. The van der Waals surface area contributed by atoms with Crippen LogP contribution in [0.25, 0.3) is 0 Å². The van der Waals surface area contributed by atoms with Crippen LogP contribution in [0.15, 0.2) is 12.7 Å². The molecule has 2 nitrogen and oxygen atoms in total. The predicted molar refractivity (Wildman–Crippen MR) is 87.2 cm³/mol. The lowest BCUT2D eigenvalue weighted by Crippen LogP contribution is -2.48. The molecule has 1 heterocycles. The molecule has 1 aliphatic rings. The minimum absolute atomic E-state index is 0.483. The van der Waals surface area contributed by atoms with E-state index in [0.29, 0.717) is 11.3 Å². The molecule has 0 aromatic heterocycles. The molecule has 0 spiro atoms. The zero-order chi connectivity index (χ0) is 13.2. The molecule has 106 valence electrons. The third-order valence-corrected chi connectivity index (χ3v) is 6.94. The molecule has 0 bridgehead atoms. The first kappa shape index (κ1) is 16.4. The molecule has 1 fully saturated rings. The molecule has 1 saturated heterocycles. The minimum atomic E-state index is 0.483. The van der Waals surface area contributed by atoms with E-state index in [2.05, 4.69) is 42.5 Å². The summed E-state index contributed by atoms with van der Waals surface area (Å²) in [5.41, 5.74) is 3.07. The Morgan fingerprint density at radius 3 is 2.78 bits per heavy atom. The number of rotatable bonds is 9. The third kappa shape index (κ3) is 5.55. The third-order valence-electron chi connectivity index (χ3n) is 3.53. The van der Waals surface area contributed by atoms with Crippen molar-refractivity contribution < 1.29 is 0 Å². The van der Waals surface area contributed by atoms with Gasteiger partial charge in [0.25, 0.3) is 0 Å². The molecule has 0 aliphatic carbocycles. The van der Waals surface area contributed by atoms with Gasteiger partial charge in [-0.25, -0.2) is 0 Å². The highest BCUT2D eigenvalue weighted by Crippen LogP contribution is 2.36. The zero-order valence-electron chi connectivity index (χ0n) is 11.6. The fourth-order valence-corrected chi connectivity index (χ4v) is 5.77. The Morgan fingerprint density at radius 2 is 2.11 bits per heavy atom. The monoisotopic (exact) mass is 288 g/mol. The van der Waals surface area contributed by atoms with Crippen molar-refractivity contribution in [2.75, 3.05) is 11.5 Å². The van der Waals surface area contributed by atoms with Crippen LogP contribution in [0.4, 0.5) is 0 Å². The molecule has 0 radical (unpaired) electrons. The maximum atomic E-state index is 5.77. The van der Waals surface area contributed by atoms with Gasteiger partial charge in [0.2, 0.25) is 0 Å². The van der Waals surface area contributed by atoms with Crippen molar-refractivity contribution >= 4 is 23.5 Å². The van der Waals surface area contributed by atoms with Gasteiger partial charge in [-0.15, -0.1) is 6.58 Å². The van der Waals surface area contributed by atoms with E-state index in [4.69, 9.17) is 5.84 Å². The van der Waals surface area contributed by atoms with Crippen LogP contribution < -0.4 is 11.3 Å². The first-order valence-electron chi connectivity index (χ1n) is 7.13. The summed E-state index contributed by atoms with van der Waals surface area (Å²) in [6.07, 6.45) is 9.47. The van der Waals surface area contributed by atoms with E-state index in [1.54, 1.807) is 0 Å². The number of nitrogens with two attached hydrogens (primary N) is 1. The van der Waals surface area contributed by atoms with Crippen molar-refractivity contribution in [3.05, 3.63) is 12.7 Å². The smallest absolute Gasteiger partial charge is 0.0340 e. The zero-order valence-corrected chi connectivity index (χ0v) is 13.2. The average molecular weight is 289 g/mol. The van der Waals surface area contributed by atoms with Crippen LogP contribution >= 0.6 is 23.5 Å². The molecule has 0 saturated carbocycles. The number of allylic oxidation sites excluding steroid dienone is 1. The van der Waals surface area contributed by atoms with E-state index in [1.165, 1.54) is 43.6 Å². The lowest BCUT2D eigenvalue weighted by atomic mass is 10.0. The topological polar surface area (TPSA) is 38.0 Å². The van der Waals surface area contributed by atoms with Crippen molar-refractivity contribution in [2.24, 2.45) is 5.84 Å². The first-order chi connectivity index (χ1) is 8.83. The molecule has 0 aromatic carbocycles. The Morgan fingerprint density at radius 1 is 1.33 bits per heavy atom. The van der Waals surface area contributed by atoms with Gasteiger partial charge in [0.05, 0.1) is 0 Å². The predicted octanol–water partition coefficient (Wildman–Crippen LogP) is 3.58. The van der Waals surface area contributed by atoms with Gasteiger partial charge in [-0.2, -0.15) is 23.5 Å². The number of unbranched alkanes of at least 4 members (excludes halogenated alkanes) is 3. The fraction of sp³-hybridized carbons (Fsp3) is 0.857. The van der Waals surface area contributed by atoms with Gasteiger partial charge in [-0.1, -0.05) is 25.8 Å². The van der Waals surface area contributed by atoms with Crippen molar-refractivity contribution in [1.29, 1.82) is 0 Å². The molecule has 18 heavy (non-hydrogen) atoms. The Labute approximate surface area is 121 Å². The molecule has 3 unspecified atom stereocenters. The summed E-state index contributed by atoms with van der Waals surface area (Å²) in [6.45, 7) is 6.07. The average Bonchev–Trinajstić information content (AvgIpc) is 2.43. The fourth-order valence-electron chi connectivity index (χ4n) is 2.48. The summed E-state index contributed by atoms with van der Waals surface area (Å²) in [5, 5.41) is 1.47. The molecule has 0 aromatic rings. The largest absolute Gasteiger partial charge is 0.271 e. The van der Waals surface area contributed by atoms with Crippen LogP contribution in [-0.2, 0) is 0 Å². The molecule has 3 atom stereocenters. The molecule has 3 N–H and O–H groups in total. The maximum absolute atomic E-state index is 5.77. The van der Waals surface area contributed by atoms with Crippen LogP contribution in [0.1, 0.15) is 45.4 Å². The number of hydrogen-bond acceptors (Lipinski definition) is 4. The number of hydrazine groups is 1. The Balaban J connectivity index is 2.31. The van der Waals surface area contributed by atoms with E-state index >= 15 is 0 Å². The first-order valence-corrected chi connectivity index (χ1v) is 9.23. The van der Waals surface area contributed by atoms with Gasteiger partial charge >= 0.3 is 0 Å². The Bertz CT molecular complexity index is 224. The van der Waals surface area contributed by atoms with Crippen molar-refractivity contribution in [3.63, 3.8) is 0 Å². The van der Waals surface area contributed by atoms with E-state index in [9.17, 15) is 0 Å². The van der Waals surface area contributed by atoms with Crippen LogP contribution in [-0.4, -0.2) is 28.0 Å². The lowest BCUT2D eigenvalue weighted by Gasteiger charge is -2.35. The summed E-state index contributed by atoms with van der Waals surface area (Å²) < 4.78 is 0. The lowest BCUT2D eigenvalue weighted by molar-refractivity contribution is 0.443. The Kier molecular flexibility index (Phi) is 9.29. The van der Waals surface area contributed by atoms with Gasteiger partial charge in [-0.3, -0.25) is 11.3 Å². The molecule has 0 amide bonds. The molecule has 4 heteroatoms. The molecular weight excluding hydrogens is 260 g/mol. The normalized spacial score (nSPS) is 25.9. The van der Waals surface area contributed by atoms with E-state index in [1.807, 2.05) is 6.08 Å². The van der Waals surface area contributed by atoms with E-state index < -0.39 is 0 Å².